The second-order valence-corrected chi connectivity index (χ2v) is 11.2. The summed E-state index contributed by atoms with van der Waals surface area (Å²) in [6.07, 6.45) is 0. The first-order valence-electron chi connectivity index (χ1n) is 7.57. The van der Waals surface area contributed by atoms with Gasteiger partial charge in [0.2, 0.25) is 5.85 Å². The molecule has 1 aliphatic heterocycles. The summed E-state index contributed by atoms with van der Waals surface area (Å²) in [5, 5.41) is 0. The van der Waals surface area contributed by atoms with E-state index >= 15 is 0 Å². The standard InChI is InChI=1S/C14H23NO4P.F6P/c1-14(2,3)15(4)12-10-8-7-9-11(12)13(19-15)20(16,17-5)18-6;1-7(2,3,4,5)6/h7-10,13H,1-6H3;/q+1;-1. The van der Waals surface area contributed by atoms with Gasteiger partial charge in [-0.3, -0.25) is 4.57 Å². The third kappa shape index (κ3) is 6.41. The van der Waals surface area contributed by atoms with Gasteiger partial charge in [-0.05, 0) is 26.8 Å². The van der Waals surface area contributed by atoms with Crippen LogP contribution in [-0.2, 0) is 18.5 Å². The third-order valence-electron chi connectivity index (χ3n) is 4.05. The molecule has 0 saturated carbocycles. The van der Waals surface area contributed by atoms with Crippen molar-refractivity contribution >= 4 is 21.1 Å². The number of nitrogens with zero attached hydrogens (tertiary/aromatic N) is 1. The zero-order valence-electron chi connectivity index (χ0n) is 15.6. The minimum atomic E-state index is -10.7. The first-order valence-corrected chi connectivity index (χ1v) is 11.2. The second kappa shape index (κ2) is 6.40. The molecule has 1 aliphatic rings. The summed E-state index contributed by atoms with van der Waals surface area (Å²) in [5.41, 5.74) is 1.63. The average molecular weight is 445 g/mol. The van der Waals surface area contributed by atoms with Crippen LogP contribution < -0.4 is 4.65 Å². The molecular formula is C14H23F6NO4P2. The second-order valence-electron chi connectivity index (χ2n) is 6.97. The average Bonchev–Trinajstić information content (AvgIpc) is 2.79. The van der Waals surface area contributed by atoms with E-state index in [2.05, 4.69) is 20.8 Å². The first-order chi connectivity index (χ1) is 11.6. The van der Waals surface area contributed by atoms with Crippen LogP contribution in [0, 0.1) is 0 Å². The van der Waals surface area contributed by atoms with E-state index in [9.17, 15) is 29.7 Å². The van der Waals surface area contributed by atoms with Crippen molar-refractivity contribution < 1.29 is 43.6 Å². The van der Waals surface area contributed by atoms with Gasteiger partial charge in [0, 0.05) is 20.3 Å². The quantitative estimate of drug-likeness (QED) is 0.280. The number of benzene rings is 1. The van der Waals surface area contributed by atoms with Crippen molar-refractivity contribution in [3.63, 3.8) is 0 Å². The number of rotatable bonds is 3. The van der Waals surface area contributed by atoms with Crippen LogP contribution in [-0.4, -0.2) is 26.8 Å². The van der Waals surface area contributed by atoms with Gasteiger partial charge in [0.05, 0.1) is 5.56 Å². The molecule has 160 valence electrons. The van der Waals surface area contributed by atoms with Crippen LogP contribution in [0.1, 0.15) is 32.2 Å². The minimum absolute atomic E-state index is 0.211. The fraction of sp³-hybridized carbons (Fsp3) is 0.571. The van der Waals surface area contributed by atoms with E-state index in [1.807, 2.05) is 31.3 Å². The van der Waals surface area contributed by atoms with E-state index < -0.39 is 21.2 Å². The number of halogens is 6. The van der Waals surface area contributed by atoms with Crippen molar-refractivity contribution in [2.45, 2.75) is 32.2 Å². The fourth-order valence-corrected chi connectivity index (χ4v) is 3.81. The van der Waals surface area contributed by atoms with Crippen molar-refractivity contribution in [2.75, 3.05) is 21.3 Å². The molecule has 0 N–H and O–H groups in total. The Morgan fingerprint density at radius 1 is 1.04 bits per heavy atom. The number of fused-ring (bicyclic) bond motifs is 1. The molecular weight excluding hydrogens is 422 g/mol. The van der Waals surface area contributed by atoms with E-state index in [0.717, 1.165) is 11.3 Å². The Hall–Kier alpha value is -0.700. The van der Waals surface area contributed by atoms with E-state index in [1.54, 1.807) is 0 Å². The molecule has 0 aliphatic carbocycles. The van der Waals surface area contributed by atoms with Crippen molar-refractivity contribution in [1.82, 2.24) is 4.65 Å². The summed E-state index contributed by atoms with van der Waals surface area (Å²) in [6.45, 7) is 6.24. The maximum absolute atomic E-state index is 12.8. The number of hydroxylamine groups is 2. The summed E-state index contributed by atoms with van der Waals surface area (Å²) < 4.78 is 82.4. The predicted molar refractivity (Wildman–Crippen MR) is 92.9 cm³/mol. The van der Waals surface area contributed by atoms with Gasteiger partial charge in [-0.2, -0.15) is 4.84 Å². The molecule has 2 atom stereocenters. The van der Waals surface area contributed by atoms with Gasteiger partial charge in [0.1, 0.15) is 12.6 Å². The summed E-state index contributed by atoms with van der Waals surface area (Å²) in [7, 11) is -9.27. The van der Waals surface area contributed by atoms with Crippen LogP contribution in [0.4, 0.5) is 30.9 Å². The molecule has 0 fully saturated rings. The summed E-state index contributed by atoms with van der Waals surface area (Å²) in [5.74, 6) is -0.710. The molecule has 0 bridgehead atoms. The normalized spacial score (nSPS) is 25.7. The molecule has 1 aromatic rings. The molecule has 1 heterocycles. The molecule has 27 heavy (non-hydrogen) atoms. The Morgan fingerprint density at radius 3 is 1.81 bits per heavy atom. The summed E-state index contributed by atoms with van der Waals surface area (Å²) in [6, 6.07) is 7.77. The molecule has 0 amide bonds. The Morgan fingerprint density at radius 2 is 1.44 bits per heavy atom. The Bertz CT molecular complexity index is 731. The van der Waals surface area contributed by atoms with Crippen LogP contribution in [0.5, 0.6) is 0 Å². The van der Waals surface area contributed by atoms with Gasteiger partial charge >= 0.3 is 40.6 Å². The van der Waals surface area contributed by atoms with Crippen molar-refractivity contribution in [1.29, 1.82) is 0 Å². The fourth-order valence-electron chi connectivity index (χ4n) is 2.41. The van der Waals surface area contributed by atoms with Crippen LogP contribution in [0.25, 0.3) is 0 Å². The monoisotopic (exact) mass is 445 g/mol. The van der Waals surface area contributed by atoms with E-state index in [0.29, 0.717) is 0 Å². The molecule has 0 aromatic heterocycles. The molecule has 0 saturated heterocycles. The maximum atomic E-state index is 12.8. The van der Waals surface area contributed by atoms with Gasteiger partial charge in [0.15, 0.2) is 5.69 Å². The molecule has 5 nitrogen and oxygen atoms in total. The molecule has 1 aromatic carbocycles. The van der Waals surface area contributed by atoms with E-state index in [-0.39, 0.29) is 10.2 Å². The van der Waals surface area contributed by atoms with E-state index in [1.165, 1.54) is 14.2 Å². The number of quaternary nitrogens is 1. The zero-order chi connectivity index (χ0) is 21.6. The Labute approximate surface area is 153 Å². The molecule has 2 unspecified atom stereocenters. The zero-order valence-corrected chi connectivity index (χ0v) is 17.4. The topological polar surface area (TPSA) is 44.8 Å². The Kier molecular flexibility index (Phi) is 5.77. The van der Waals surface area contributed by atoms with Crippen molar-refractivity contribution in [3.05, 3.63) is 29.8 Å². The van der Waals surface area contributed by atoms with Crippen molar-refractivity contribution in [3.8, 4) is 0 Å². The first kappa shape index (κ1) is 24.3. The number of hydrogen-bond acceptors (Lipinski definition) is 4. The number of hydrogen-bond donors (Lipinski definition) is 0. The third-order valence-corrected chi connectivity index (χ3v) is 6.01. The molecule has 2 rings (SSSR count). The van der Waals surface area contributed by atoms with Crippen LogP contribution in [0.2, 0.25) is 0 Å². The van der Waals surface area contributed by atoms with Crippen LogP contribution in [0.3, 0.4) is 0 Å². The van der Waals surface area contributed by atoms with Gasteiger partial charge < -0.3 is 9.05 Å². The van der Waals surface area contributed by atoms with Gasteiger partial charge in [-0.1, -0.05) is 12.1 Å². The predicted octanol–water partition coefficient (Wildman–Crippen LogP) is 7.23. The molecule has 13 heteroatoms. The molecule has 0 radical (unpaired) electrons. The van der Waals surface area contributed by atoms with Gasteiger partial charge in [-0.25, -0.2) is 0 Å². The van der Waals surface area contributed by atoms with E-state index in [4.69, 9.17) is 13.9 Å². The van der Waals surface area contributed by atoms with Crippen LogP contribution >= 0.6 is 15.4 Å². The van der Waals surface area contributed by atoms with Gasteiger partial charge in [-0.15, -0.1) is 4.65 Å². The SMILES string of the molecule is COP(=O)(OC)C1O[N+](C)(C(C)(C)C)c2ccccc21.F[P-](F)(F)(F)(F)F. The van der Waals surface area contributed by atoms with Crippen LogP contribution in [0.15, 0.2) is 24.3 Å². The van der Waals surface area contributed by atoms with Crippen molar-refractivity contribution in [2.24, 2.45) is 0 Å². The Balaban J connectivity index is 0.000000445. The number of para-hydroxylation sites is 1. The summed E-state index contributed by atoms with van der Waals surface area (Å²) in [4.78, 5) is 6.16. The molecule has 0 spiro atoms. The van der Waals surface area contributed by atoms with Gasteiger partial charge in [0.25, 0.3) is 0 Å². The summed E-state index contributed by atoms with van der Waals surface area (Å²) >= 11 is 0.